The Morgan fingerprint density at radius 1 is 1.25 bits per heavy atom. The zero-order chi connectivity index (χ0) is 20.3. The Bertz CT molecular complexity index is 908. The number of fused-ring (bicyclic) bond motifs is 1. The summed E-state index contributed by atoms with van der Waals surface area (Å²) >= 11 is 6.20. The molecule has 1 aliphatic rings. The smallest absolute Gasteiger partial charge is 0.270 e. The molecule has 3 rings (SSSR count). The molecule has 148 valence electrons. The van der Waals surface area contributed by atoms with E-state index in [1.54, 1.807) is 6.07 Å². The number of para-hydroxylation sites is 1. The van der Waals surface area contributed by atoms with Gasteiger partial charge in [-0.3, -0.25) is 10.1 Å². The summed E-state index contributed by atoms with van der Waals surface area (Å²) in [7, 11) is 0. The molecule has 0 fully saturated rings. The molecule has 28 heavy (non-hydrogen) atoms. The van der Waals surface area contributed by atoms with Crippen LogP contribution in [0.4, 0.5) is 5.69 Å². The fourth-order valence-corrected chi connectivity index (χ4v) is 3.66. The number of hydrogen-bond donors (Lipinski definition) is 1. The summed E-state index contributed by atoms with van der Waals surface area (Å²) in [6.07, 6.45) is 3.81. The van der Waals surface area contributed by atoms with Gasteiger partial charge in [-0.2, -0.15) is 0 Å². The largest absolute Gasteiger partial charge is 0.483 e. The number of halogens is 1. The second-order valence-electron chi connectivity index (χ2n) is 7.72. The number of non-ortho nitro benzene ring substituents is 1. The summed E-state index contributed by atoms with van der Waals surface area (Å²) in [5.41, 5.74) is 2.97. The summed E-state index contributed by atoms with van der Waals surface area (Å²) < 4.78 is 6.03. The van der Waals surface area contributed by atoms with E-state index in [1.807, 2.05) is 18.2 Å². The molecule has 1 N–H and O–H groups in total. The van der Waals surface area contributed by atoms with Crippen LogP contribution >= 0.6 is 11.6 Å². The molecule has 2 aromatic carbocycles. The van der Waals surface area contributed by atoms with E-state index in [0.29, 0.717) is 5.02 Å². The lowest BCUT2D eigenvalue weighted by atomic mass is 9.94. The van der Waals surface area contributed by atoms with Gasteiger partial charge in [-0.05, 0) is 56.9 Å². The van der Waals surface area contributed by atoms with Gasteiger partial charge >= 0.3 is 0 Å². The number of hydrogen-bond acceptors (Lipinski definition) is 4. The second-order valence-corrected chi connectivity index (χ2v) is 8.13. The predicted octanol–water partition coefficient (Wildman–Crippen LogP) is 5.41. The minimum Gasteiger partial charge on any atom is -0.483 e. The fraction of sp³-hybridized carbons (Fsp3) is 0.364. The lowest BCUT2D eigenvalue weighted by molar-refractivity contribution is -0.384. The maximum atomic E-state index is 10.8. The van der Waals surface area contributed by atoms with Gasteiger partial charge in [-0.25, -0.2) is 0 Å². The molecule has 0 radical (unpaired) electrons. The van der Waals surface area contributed by atoms with Crippen molar-refractivity contribution in [3.05, 3.63) is 74.8 Å². The van der Waals surface area contributed by atoms with E-state index in [1.165, 1.54) is 17.7 Å². The van der Waals surface area contributed by atoms with Crippen molar-refractivity contribution in [1.29, 1.82) is 0 Å². The van der Waals surface area contributed by atoms with Crippen molar-refractivity contribution < 1.29 is 9.66 Å². The molecule has 1 atom stereocenters. The van der Waals surface area contributed by atoms with Gasteiger partial charge in [0.1, 0.15) is 11.4 Å². The van der Waals surface area contributed by atoms with Crippen molar-refractivity contribution >= 4 is 22.9 Å². The van der Waals surface area contributed by atoms with E-state index >= 15 is 0 Å². The van der Waals surface area contributed by atoms with Crippen LogP contribution in [0.15, 0.2) is 48.5 Å². The molecular formula is C22H25ClN2O3. The number of ether oxygens (including phenoxy) is 1. The third-order valence-electron chi connectivity index (χ3n) is 4.86. The number of aryl methyl sites for hydroxylation is 1. The lowest BCUT2D eigenvalue weighted by Gasteiger charge is -2.31. The molecule has 0 spiro atoms. The van der Waals surface area contributed by atoms with Gasteiger partial charge in [0.2, 0.25) is 0 Å². The van der Waals surface area contributed by atoms with E-state index in [0.717, 1.165) is 36.3 Å². The maximum Gasteiger partial charge on any atom is 0.270 e. The van der Waals surface area contributed by atoms with E-state index in [4.69, 9.17) is 16.3 Å². The normalized spacial score (nSPS) is 15.9. The van der Waals surface area contributed by atoms with Crippen LogP contribution in [0.3, 0.4) is 0 Å². The molecule has 5 nitrogen and oxygen atoms in total. The van der Waals surface area contributed by atoms with Crippen LogP contribution in [-0.2, 0) is 6.42 Å². The molecule has 1 heterocycles. The predicted molar refractivity (Wildman–Crippen MR) is 113 cm³/mol. The van der Waals surface area contributed by atoms with Crippen LogP contribution in [-0.4, -0.2) is 23.1 Å². The van der Waals surface area contributed by atoms with Crippen molar-refractivity contribution in [3.63, 3.8) is 0 Å². The summed E-state index contributed by atoms with van der Waals surface area (Å²) in [6, 6.07) is 13.0. The molecule has 0 amide bonds. The average molecular weight is 401 g/mol. The van der Waals surface area contributed by atoms with Gasteiger partial charge in [0.05, 0.1) is 9.95 Å². The number of nitro benzene ring substituents is 1. The molecular weight excluding hydrogens is 376 g/mol. The summed E-state index contributed by atoms with van der Waals surface area (Å²) in [5, 5.41) is 14.8. The third kappa shape index (κ3) is 4.91. The first kappa shape index (κ1) is 20.4. The molecule has 6 heteroatoms. The van der Waals surface area contributed by atoms with E-state index in [2.05, 4.69) is 38.2 Å². The fourth-order valence-electron chi connectivity index (χ4n) is 3.39. The zero-order valence-electron chi connectivity index (χ0n) is 16.4. The SMILES string of the molecule is CC(CCc1ccc([N+](=O)[O-])cc1Cl)NCC1=CC(C)(C)Oc2ccccc21. The van der Waals surface area contributed by atoms with E-state index in [9.17, 15) is 10.1 Å². The summed E-state index contributed by atoms with van der Waals surface area (Å²) in [4.78, 5) is 10.4. The van der Waals surface area contributed by atoms with Crippen LogP contribution in [0.2, 0.25) is 5.02 Å². The number of nitro groups is 1. The first-order chi connectivity index (χ1) is 13.2. The lowest BCUT2D eigenvalue weighted by Crippen LogP contribution is -2.33. The van der Waals surface area contributed by atoms with E-state index in [-0.39, 0.29) is 17.3 Å². The van der Waals surface area contributed by atoms with Crippen molar-refractivity contribution in [2.75, 3.05) is 6.54 Å². The quantitative estimate of drug-likeness (QED) is 0.498. The molecule has 0 saturated heterocycles. The molecule has 0 saturated carbocycles. The standard InChI is InChI=1S/C22H25ClN2O3/c1-15(8-9-16-10-11-18(25(26)27)12-20(16)23)24-14-17-13-22(2,3)28-21-7-5-4-6-19(17)21/h4-7,10-13,15,24H,8-9,14H2,1-3H3. The molecule has 0 aliphatic carbocycles. The zero-order valence-corrected chi connectivity index (χ0v) is 17.1. The highest BCUT2D eigenvalue weighted by Gasteiger charge is 2.26. The van der Waals surface area contributed by atoms with Gasteiger partial charge in [0.25, 0.3) is 5.69 Å². The first-order valence-electron chi connectivity index (χ1n) is 9.41. The van der Waals surface area contributed by atoms with Crippen molar-refractivity contribution in [2.45, 2.75) is 45.3 Å². The van der Waals surface area contributed by atoms with Gasteiger partial charge in [-0.1, -0.05) is 35.9 Å². The highest BCUT2D eigenvalue weighted by molar-refractivity contribution is 6.31. The van der Waals surface area contributed by atoms with Crippen LogP contribution in [0.25, 0.3) is 5.57 Å². The highest BCUT2D eigenvalue weighted by atomic mass is 35.5. The minimum atomic E-state index is -0.430. The Hall–Kier alpha value is -2.37. The Balaban J connectivity index is 1.59. The Kier molecular flexibility index (Phi) is 6.06. The Labute approximate surface area is 170 Å². The third-order valence-corrected chi connectivity index (χ3v) is 5.21. The maximum absolute atomic E-state index is 10.8. The molecule has 1 unspecified atom stereocenters. The number of nitrogens with zero attached hydrogens (tertiary/aromatic N) is 1. The summed E-state index contributed by atoms with van der Waals surface area (Å²) in [5.74, 6) is 0.914. The topological polar surface area (TPSA) is 64.4 Å². The Morgan fingerprint density at radius 3 is 2.71 bits per heavy atom. The van der Waals surface area contributed by atoms with Gasteiger partial charge in [0.15, 0.2) is 0 Å². The van der Waals surface area contributed by atoms with Crippen LogP contribution < -0.4 is 10.1 Å². The first-order valence-corrected chi connectivity index (χ1v) is 9.79. The second kappa shape index (κ2) is 8.33. The molecule has 2 aromatic rings. The van der Waals surface area contributed by atoms with Gasteiger partial charge in [-0.15, -0.1) is 0 Å². The highest BCUT2D eigenvalue weighted by Crippen LogP contribution is 2.35. The van der Waals surface area contributed by atoms with E-state index < -0.39 is 4.92 Å². The molecule has 0 bridgehead atoms. The monoisotopic (exact) mass is 400 g/mol. The summed E-state index contributed by atoms with van der Waals surface area (Å²) in [6.45, 7) is 7.00. The van der Waals surface area contributed by atoms with Gasteiger partial charge in [0, 0.05) is 30.3 Å². The molecule has 0 aromatic heterocycles. The van der Waals surface area contributed by atoms with Crippen molar-refractivity contribution in [3.8, 4) is 5.75 Å². The average Bonchev–Trinajstić information content (AvgIpc) is 2.64. The van der Waals surface area contributed by atoms with Crippen LogP contribution in [0.5, 0.6) is 5.75 Å². The minimum absolute atomic E-state index is 0.0210. The van der Waals surface area contributed by atoms with Gasteiger partial charge < -0.3 is 10.1 Å². The number of nitrogens with one attached hydrogen (secondary N) is 1. The van der Waals surface area contributed by atoms with Crippen LogP contribution in [0.1, 0.15) is 38.3 Å². The van der Waals surface area contributed by atoms with Crippen molar-refractivity contribution in [1.82, 2.24) is 5.32 Å². The van der Waals surface area contributed by atoms with Crippen LogP contribution in [0, 0.1) is 10.1 Å². The number of rotatable bonds is 7. The molecule has 1 aliphatic heterocycles. The number of benzene rings is 2. The Morgan fingerprint density at radius 2 is 2.00 bits per heavy atom. The van der Waals surface area contributed by atoms with Crippen molar-refractivity contribution in [2.24, 2.45) is 0 Å².